The van der Waals surface area contributed by atoms with Gasteiger partial charge in [-0.25, -0.2) is 0 Å². The van der Waals surface area contributed by atoms with Crippen molar-refractivity contribution >= 4 is 35.8 Å². The number of guanidine groups is 1. The molecule has 2 unspecified atom stereocenters. The molecule has 1 amide bonds. The van der Waals surface area contributed by atoms with Gasteiger partial charge in [-0.2, -0.15) is 0 Å². The summed E-state index contributed by atoms with van der Waals surface area (Å²) in [6, 6.07) is 0.835. The van der Waals surface area contributed by atoms with Gasteiger partial charge < -0.3 is 15.5 Å². The number of carbonyl (C=O) groups excluding carboxylic acids is 1. The molecule has 6 nitrogen and oxygen atoms in total. The lowest BCUT2D eigenvalue weighted by atomic mass is 10.0. The van der Waals surface area contributed by atoms with Crippen LogP contribution < -0.4 is 10.6 Å². The van der Waals surface area contributed by atoms with E-state index in [1.54, 1.807) is 0 Å². The van der Waals surface area contributed by atoms with Gasteiger partial charge in [-0.15, -0.1) is 24.0 Å². The summed E-state index contributed by atoms with van der Waals surface area (Å²) in [5.41, 5.74) is 0. The van der Waals surface area contributed by atoms with Crippen molar-refractivity contribution in [2.45, 2.75) is 59.0 Å². The van der Waals surface area contributed by atoms with E-state index in [1.165, 1.54) is 25.9 Å². The van der Waals surface area contributed by atoms with Crippen molar-refractivity contribution in [3.8, 4) is 0 Å². The summed E-state index contributed by atoms with van der Waals surface area (Å²) >= 11 is 0. The topological polar surface area (TPSA) is 60.0 Å². The van der Waals surface area contributed by atoms with Gasteiger partial charge in [0.15, 0.2) is 5.96 Å². The van der Waals surface area contributed by atoms with E-state index in [2.05, 4.69) is 34.4 Å². The van der Waals surface area contributed by atoms with Crippen LogP contribution in [0.5, 0.6) is 0 Å². The predicted molar refractivity (Wildman–Crippen MR) is 119 cm³/mol. The molecule has 0 aliphatic carbocycles. The van der Waals surface area contributed by atoms with Crippen molar-refractivity contribution in [1.82, 2.24) is 20.4 Å². The highest BCUT2D eigenvalue weighted by Gasteiger charge is 2.29. The van der Waals surface area contributed by atoms with Crippen LogP contribution in [0, 0.1) is 11.8 Å². The Morgan fingerprint density at radius 2 is 1.81 bits per heavy atom. The molecular formula is C19H38IN5O. The second kappa shape index (κ2) is 11.3. The molecule has 0 aromatic heterocycles. The molecule has 0 bridgehead atoms. The third-order valence-electron chi connectivity index (χ3n) is 5.42. The van der Waals surface area contributed by atoms with E-state index in [0.717, 1.165) is 32.0 Å². The third-order valence-corrected chi connectivity index (χ3v) is 5.42. The summed E-state index contributed by atoms with van der Waals surface area (Å²) in [4.78, 5) is 21.1. The molecule has 2 saturated heterocycles. The van der Waals surface area contributed by atoms with Crippen molar-refractivity contribution < 1.29 is 4.79 Å². The first-order valence-electron chi connectivity index (χ1n) is 9.92. The maximum Gasteiger partial charge on any atom is 0.225 e. The first kappa shape index (κ1) is 23.5. The van der Waals surface area contributed by atoms with Gasteiger partial charge in [0.2, 0.25) is 5.91 Å². The van der Waals surface area contributed by atoms with Gasteiger partial charge in [-0.05, 0) is 38.3 Å². The number of nitrogens with one attached hydrogen (secondary N) is 2. The Balaban J connectivity index is 0.00000338. The Bertz CT molecular complexity index is 463. The highest BCUT2D eigenvalue weighted by Crippen LogP contribution is 2.17. The zero-order valence-corrected chi connectivity index (χ0v) is 19.5. The molecule has 2 rings (SSSR count). The molecule has 0 spiro atoms. The quantitative estimate of drug-likeness (QED) is 0.348. The molecule has 2 atom stereocenters. The van der Waals surface area contributed by atoms with Crippen LogP contribution >= 0.6 is 24.0 Å². The molecular weight excluding hydrogens is 441 g/mol. The number of carbonyl (C=O) groups is 1. The summed E-state index contributed by atoms with van der Waals surface area (Å²) in [6.07, 6.45) is 3.62. The van der Waals surface area contributed by atoms with Gasteiger partial charge in [0.1, 0.15) is 0 Å². The number of hydrogen-bond acceptors (Lipinski definition) is 3. The average molecular weight is 479 g/mol. The largest absolute Gasteiger partial charge is 0.355 e. The van der Waals surface area contributed by atoms with Gasteiger partial charge in [-0.3, -0.25) is 14.7 Å². The fraction of sp³-hybridized carbons (Fsp3) is 0.895. The Kier molecular flexibility index (Phi) is 10.2. The van der Waals surface area contributed by atoms with Crippen LogP contribution in [0.15, 0.2) is 4.99 Å². The van der Waals surface area contributed by atoms with Gasteiger partial charge in [0, 0.05) is 44.7 Å². The molecule has 152 valence electrons. The van der Waals surface area contributed by atoms with Gasteiger partial charge >= 0.3 is 0 Å². The minimum atomic E-state index is 0. The summed E-state index contributed by atoms with van der Waals surface area (Å²) in [6.45, 7) is 13.5. The zero-order chi connectivity index (χ0) is 18.4. The fourth-order valence-electron chi connectivity index (χ4n) is 3.89. The molecule has 2 aliphatic heterocycles. The lowest BCUT2D eigenvalue weighted by Gasteiger charge is -2.31. The highest BCUT2D eigenvalue weighted by atomic mass is 127. The molecule has 2 aliphatic rings. The molecule has 0 saturated carbocycles. The Labute approximate surface area is 176 Å². The van der Waals surface area contributed by atoms with Crippen LogP contribution in [0.4, 0.5) is 0 Å². The van der Waals surface area contributed by atoms with Crippen LogP contribution in [0.2, 0.25) is 0 Å². The normalized spacial score (nSPS) is 22.7. The van der Waals surface area contributed by atoms with Crippen LogP contribution in [-0.4, -0.2) is 73.5 Å². The minimum Gasteiger partial charge on any atom is -0.355 e. The maximum atomic E-state index is 12.1. The molecule has 2 N–H and O–H groups in total. The van der Waals surface area contributed by atoms with Crippen molar-refractivity contribution in [3.63, 3.8) is 0 Å². The Morgan fingerprint density at radius 3 is 2.35 bits per heavy atom. The summed E-state index contributed by atoms with van der Waals surface area (Å²) in [5, 5.41) is 7.02. The smallest absolute Gasteiger partial charge is 0.225 e. The Morgan fingerprint density at radius 1 is 1.15 bits per heavy atom. The minimum absolute atomic E-state index is 0. The van der Waals surface area contributed by atoms with E-state index in [9.17, 15) is 4.79 Å². The monoisotopic (exact) mass is 479 g/mol. The molecule has 2 heterocycles. The van der Waals surface area contributed by atoms with Gasteiger partial charge in [-0.1, -0.05) is 27.7 Å². The molecule has 0 radical (unpaired) electrons. The maximum absolute atomic E-state index is 12.1. The standard InChI is InChI=1S/C19H37N5O.HI/c1-14(2)17(23-9-6-7-10-23)12-21-19(20-5)22-16-8-11-24(13-16)18(25)15(3)4;/h14-17H,6-13H2,1-5H3,(H2,20,21,22);1H. The van der Waals surface area contributed by atoms with Crippen molar-refractivity contribution in [2.75, 3.05) is 39.8 Å². The molecule has 2 fully saturated rings. The molecule has 0 aromatic carbocycles. The van der Waals surface area contributed by atoms with Gasteiger partial charge in [0.05, 0.1) is 0 Å². The summed E-state index contributed by atoms with van der Waals surface area (Å²) in [5.74, 6) is 1.80. The fourth-order valence-corrected chi connectivity index (χ4v) is 3.89. The van der Waals surface area contributed by atoms with Crippen LogP contribution in [-0.2, 0) is 4.79 Å². The van der Waals surface area contributed by atoms with Crippen LogP contribution in [0.1, 0.15) is 47.0 Å². The number of rotatable bonds is 6. The number of amides is 1. The molecule has 7 heteroatoms. The number of hydrogen-bond donors (Lipinski definition) is 2. The van der Waals surface area contributed by atoms with Crippen molar-refractivity contribution in [3.05, 3.63) is 0 Å². The van der Waals surface area contributed by atoms with E-state index in [1.807, 2.05) is 25.8 Å². The number of likely N-dealkylation sites (tertiary alicyclic amines) is 2. The van der Waals surface area contributed by atoms with Crippen LogP contribution in [0.25, 0.3) is 0 Å². The van der Waals surface area contributed by atoms with E-state index in [-0.39, 0.29) is 41.8 Å². The van der Waals surface area contributed by atoms with Crippen LogP contribution in [0.3, 0.4) is 0 Å². The first-order chi connectivity index (χ1) is 11.9. The lowest BCUT2D eigenvalue weighted by Crippen LogP contribution is -2.51. The highest BCUT2D eigenvalue weighted by molar-refractivity contribution is 14.0. The first-order valence-corrected chi connectivity index (χ1v) is 9.92. The van der Waals surface area contributed by atoms with Gasteiger partial charge in [0.25, 0.3) is 0 Å². The molecule has 0 aromatic rings. The number of nitrogens with zero attached hydrogens (tertiary/aromatic N) is 3. The van der Waals surface area contributed by atoms with E-state index >= 15 is 0 Å². The average Bonchev–Trinajstić information content (AvgIpc) is 3.24. The van der Waals surface area contributed by atoms with Crippen molar-refractivity contribution in [2.24, 2.45) is 16.8 Å². The second-order valence-electron chi connectivity index (χ2n) is 8.08. The van der Waals surface area contributed by atoms with Crippen molar-refractivity contribution in [1.29, 1.82) is 0 Å². The van der Waals surface area contributed by atoms with E-state index in [4.69, 9.17) is 0 Å². The summed E-state index contributed by atoms with van der Waals surface area (Å²) < 4.78 is 0. The second-order valence-corrected chi connectivity index (χ2v) is 8.08. The predicted octanol–water partition coefficient (Wildman–Crippen LogP) is 2.15. The third kappa shape index (κ3) is 6.55. The SMILES string of the molecule is CN=C(NCC(C(C)C)N1CCCC1)NC1CCN(C(=O)C(C)C)C1.I. The summed E-state index contributed by atoms with van der Waals surface area (Å²) in [7, 11) is 1.82. The number of aliphatic imine (C=N–C) groups is 1. The lowest BCUT2D eigenvalue weighted by molar-refractivity contribution is -0.133. The Hall–Kier alpha value is -0.570. The molecule has 26 heavy (non-hydrogen) atoms. The van der Waals surface area contributed by atoms with E-state index in [0.29, 0.717) is 12.0 Å². The zero-order valence-electron chi connectivity index (χ0n) is 17.1. The number of halogens is 1. The van der Waals surface area contributed by atoms with E-state index < -0.39 is 0 Å².